The largest absolute Gasteiger partial charge is 0.377 e. The number of benzene rings is 1. The molecule has 2 heterocycles. The summed E-state index contributed by atoms with van der Waals surface area (Å²) in [6.07, 6.45) is 4.70. The van der Waals surface area contributed by atoms with Gasteiger partial charge in [0.1, 0.15) is 5.92 Å². The monoisotopic (exact) mass is 314 g/mol. The van der Waals surface area contributed by atoms with Crippen molar-refractivity contribution in [3.63, 3.8) is 0 Å². The number of rotatable bonds is 3. The molecule has 0 aliphatic carbocycles. The number of ether oxygens (including phenoxy) is 1. The van der Waals surface area contributed by atoms with Gasteiger partial charge >= 0.3 is 0 Å². The van der Waals surface area contributed by atoms with E-state index >= 15 is 0 Å². The molecule has 2 atom stereocenters. The van der Waals surface area contributed by atoms with Crippen LogP contribution in [-0.4, -0.2) is 18.6 Å². The fourth-order valence-corrected chi connectivity index (χ4v) is 3.38. The zero-order valence-corrected chi connectivity index (χ0v) is 14.2. The minimum atomic E-state index is -0.382. The first kappa shape index (κ1) is 16.1. The van der Waals surface area contributed by atoms with Crippen molar-refractivity contribution in [1.82, 2.24) is 0 Å². The summed E-state index contributed by atoms with van der Waals surface area (Å²) in [5, 5.41) is 3.41. The normalized spacial score (nSPS) is 22.0. The molecule has 0 saturated carbocycles. The molecule has 1 saturated heterocycles. The molecule has 4 nitrogen and oxygen atoms in total. The number of carbonyl (C=O) groups is 1. The number of anilines is 1. The highest BCUT2D eigenvalue weighted by atomic mass is 16.5. The summed E-state index contributed by atoms with van der Waals surface area (Å²) in [7, 11) is 0. The lowest BCUT2D eigenvalue weighted by Gasteiger charge is -2.29. The lowest BCUT2D eigenvalue weighted by molar-refractivity contribution is -0.124. The average Bonchev–Trinajstić information content (AvgIpc) is 2.99. The first-order chi connectivity index (χ1) is 10.9. The Labute approximate surface area is 138 Å². The van der Waals surface area contributed by atoms with Gasteiger partial charge in [-0.25, -0.2) is 0 Å². The van der Waals surface area contributed by atoms with Gasteiger partial charge in [0.2, 0.25) is 5.91 Å². The zero-order chi connectivity index (χ0) is 16.6. The standard InChI is InChI=1S/C19H26N2O2/c1-19(2,3)13-7-9-14-12(11-13)6-8-15(21-14)17(18(20)22)16-5-4-10-23-16/h7-9,11,16-17,21H,4-6,10H2,1-3H3,(H2,20,22). The molecule has 1 amide bonds. The summed E-state index contributed by atoms with van der Waals surface area (Å²) in [5.74, 6) is -0.696. The third-order valence-corrected chi connectivity index (χ3v) is 4.77. The van der Waals surface area contributed by atoms with E-state index in [1.807, 2.05) is 0 Å². The van der Waals surface area contributed by atoms with Gasteiger partial charge in [0.05, 0.1) is 6.10 Å². The van der Waals surface area contributed by atoms with Gasteiger partial charge in [-0.2, -0.15) is 0 Å². The van der Waals surface area contributed by atoms with Crippen LogP contribution in [0.1, 0.15) is 44.7 Å². The molecule has 4 heteroatoms. The van der Waals surface area contributed by atoms with Crippen molar-refractivity contribution in [2.24, 2.45) is 11.7 Å². The first-order valence-electron chi connectivity index (χ1n) is 8.37. The van der Waals surface area contributed by atoms with E-state index in [0.29, 0.717) is 6.61 Å². The van der Waals surface area contributed by atoms with Gasteiger partial charge in [-0.1, -0.05) is 39.0 Å². The van der Waals surface area contributed by atoms with E-state index in [1.165, 1.54) is 11.1 Å². The third kappa shape index (κ3) is 3.27. The molecule has 0 radical (unpaired) electrons. The van der Waals surface area contributed by atoms with Crippen LogP contribution in [0.2, 0.25) is 0 Å². The Kier molecular flexibility index (Phi) is 4.19. The molecule has 2 aliphatic heterocycles. The smallest absolute Gasteiger partial charge is 0.229 e. The number of fused-ring (bicyclic) bond motifs is 1. The summed E-state index contributed by atoms with van der Waals surface area (Å²) < 4.78 is 5.70. The van der Waals surface area contributed by atoms with Crippen molar-refractivity contribution >= 4 is 11.6 Å². The highest BCUT2D eigenvalue weighted by molar-refractivity contribution is 5.82. The summed E-state index contributed by atoms with van der Waals surface area (Å²) in [6, 6.07) is 6.51. The Morgan fingerprint density at radius 3 is 2.78 bits per heavy atom. The van der Waals surface area contributed by atoms with Crippen LogP contribution in [0.5, 0.6) is 0 Å². The van der Waals surface area contributed by atoms with Crippen molar-refractivity contribution < 1.29 is 9.53 Å². The summed E-state index contributed by atoms with van der Waals surface area (Å²) >= 11 is 0. The van der Waals surface area contributed by atoms with E-state index in [0.717, 1.165) is 30.6 Å². The van der Waals surface area contributed by atoms with Crippen LogP contribution in [0.15, 0.2) is 30.0 Å². The van der Waals surface area contributed by atoms with Crippen molar-refractivity contribution in [1.29, 1.82) is 0 Å². The molecule has 3 rings (SSSR count). The fraction of sp³-hybridized carbons (Fsp3) is 0.526. The third-order valence-electron chi connectivity index (χ3n) is 4.77. The molecule has 1 aromatic carbocycles. The maximum absolute atomic E-state index is 11.9. The van der Waals surface area contributed by atoms with Gasteiger partial charge in [-0.15, -0.1) is 0 Å². The molecular formula is C19H26N2O2. The van der Waals surface area contributed by atoms with Gasteiger partial charge in [0.15, 0.2) is 0 Å². The lowest BCUT2D eigenvalue weighted by Crippen LogP contribution is -2.37. The number of nitrogens with one attached hydrogen (secondary N) is 1. The summed E-state index contributed by atoms with van der Waals surface area (Å²) in [4.78, 5) is 11.9. The van der Waals surface area contributed by atoms with Crippen LogP contribution in [-0.2, 0) is 21.4 Å². The molecule has 1 aromatic rings. The topological polar surface area (TPSA) is 64.4 Å². The Morgan fingerprint density at radius 1 is 1.39 bits per heavy atom. The Bertz CT molecular complexity index is 637. The summed E-state index contributed by atoms with van der Waals surface area (Å²) in [6.45, 7) is 7.36. The number of primary amides is 1. The van der Waals surface area contributed by atoms with Crippen LogP contribution >= 0.6 is 0 Å². The van der Waals surface area contributed by atoms with Crippen LogP contribution < -0.4 is 11.1 Å². The quantitative estimate of drug-likeness (QED) is 0.901. The van der Waals surface area contributed by atoms with Crippen LogP contribution in [0.3, 0.4) is 0 Å². The molecule has 2 unspecified atom stereocenters. The minimum absolute atomic E-state index is 0.0957. The Balaban J connectivity index is 1.84. The molecule has 2 aliphatic rings. The predicted molar refractivity (Wildman–Crippen MR) is 92.2 cm³/mol. The van der Waals surface area contributed by atoms with E-state index in [4.69, 9.17) is 10.5 Å². The van der Waals surface area contributed by atoms with Gasteiger partial charge in [-0.3, -0.25) is 4.79 Å². The number of allylic oxidation sites excluding steroid dienone is 1. The second-order valence-corrected chi connectivity index (χ2v) is 7.54. The van der Waals surface area contributed by atoms with Gasteiger partial charge in [0, 0.05) is 18.0 Å². The first-order valence-corrected chi connectivity index (χ1v) is 8.37. The van der Waals surface area contributed by atoms with Gasteiger partial charge in [0.25, 0.3) is 0 Å². The Morgan fingerprint density at radius 2 is 2.17 bits per heavy atom. The second-order valence-electron chi connectivity index (χ2n) is 7.54. The minimum Gasteiger partial charge on any atom is -0.377 e. The van der Waals surface area contributed by atoms with Crippen LogP contribution in [0.25, 0.3) is 0 Å². The fourth-order valence-electron chi connectivity index (χ4n) is 3.38. The lowest BCUT2D eigenvalue weighted by atomic mass is 9.84. The molecule has 0 spiro atoms. The zero-order valence-electron chi connectivity index (χ0n) is 14.2. The molecular weight excluding hydrogens is 288 g/mol. The number of amides is 1. The maximum atomic E-state index is 11.9. The van der Waals surface area contributed by atoms with E-state index in [9.17, 15) is 4.79 Å². The molecule has 1 fully saturated rings. The molecule has 124 valence electrons. The SMILES string of the molecule is CC(C)(C)c1ccc2c(c1)CC=C(C(C(N)=O)C1CCCO1)N2. The molecule has 0 aromatic heterocycles. The molecule has 0 bridgehead atoms. The van der Waals surface area contributed by atoms with Gasteiger partial charge < -0.3 is 15.8 Å². The maximum Gasteiger partial charge on any atom is 0.229 e. The van der Waals surface area contributed by atoms with Crippen molar-refractivity contribution in [3.05, 3.63) is 41.1 Å². The highest BCUT2D eigenvalue weighted by Crippen LogP contribution is 2.34. The van der Waals surface area contributed by atoms with Crippen molar-refractivity contribution in [2.45, 2.75) is 51.6 Å². The average molecular weight is 314 g/mol. The number of carbonyl (C=O) groups excluding carboxylic acids is 1. The van der Waals surface area contributed by atoms with Crippen molar-refractivity contribution in [2.75, 3.05) is 11.9 Å². The van der Waals surface area contributed by atoms with E-state index in [2.05, 4.69) is 50.4 Å². The van der Waals surface area contributed by atoms with E-state index in [1.54, 1.807) is 0 Å². The van der Waals surface area contributed by atoms with Crippen LogP contribution in [0.4, 0.5) is 5.69 Å². The highest BCUT2D eigenvalue weighted by Gasteiger charge is 2.34. The Hall–Kier alpha value is -1.81. The van der Waals surface area contributed by atoms with E-state index in [-0.39, 0.29) is 23.3 Å². The van der Waals surface area contributed by atoms with Crippen molar-refractivity contribution in [3.8, 4) is 0 Å². The van der Waals surface area contributed by atoms with E-state index < -0.39 is 0 Å². The molecule has 3 N–H and O–H groups in total. The number of hydrogen-bond donors (Lipinski definition) is 2. The molecule has 23 heavy (non-hydrogen) atoms. The van der Waals surface area contributed by atoms with Crippen LogP contribution in [0, 0.1) is 5.92 Å². The second kappa shape index (κ2) is 6.00. The van der Waals surface area contributed by atoms with Gasteiger partial charge in [-0.05, 0) is 41.9 Å². The summed E-state index contributed by atoms with van der Waals surface area (Å²) in [5.41, 5.74) is 10.3. The predicted octanol–water partition coefficient (Wildman–Crippen LogP) is 3.12. The number of hydrogen-bond acceptors (Lipinski definition) is 3. The number of nitrogens with two attached hydrogens (primary N) is 1.